The van der Waals surface area contributed by atoms with Crippen molar-refractivity contribution in [3.63, 3.8) is 0 Å². The lowest BCUT2D eigenvalue weighted by molar-refractivity contribution is -0.192. The number of aromatic nitrogens is 1. The minimum Gasteiger partial charge on any atom is -0.475 e. The normalized spacial score (nSPS) is 21.1. The lowest BCUT2D eigenvalue weighted by Gasteiger charge is -2.17. The molecular formula is C22H19F3N2O4S2. The highest BCUT2D eigenvalue weighted by Gasteiger charge is 2.50. The SMILES string of the molecule is O=C(O)C(F)(F)F.O=S1(=O)c2ccc(-c3cccs3)cc2C2CN(Cc3cccnc3)CC21. The molecule has 33 heavy (non-hydrogen) atoms. The monoisotopic (exact) mass is 496 g/mol. The zero-order valence-corrected chi connectivity index (χ0v) is 18.7. The number of sulfone groups is 1. The van der Waals surface area contributed by atoms with E-state index in [0.29, 0.717) is 11.4 Å². The van der Waals surface area contributed by atoms with Gasteiger partial charge < -0.3 is 5.11 Å². The van der Waals surface area contributed by atoms with Crippen LogP contribution in [-0.4, -0.2) is 53.9 Å². The number of hydrogen-bond acceptors (Lipinski definition) is 6. The maximum absolute atomic E-state index is 13.0. The minimum atomic E-state index is -5.08. The molecule has 5 rings (SSSR count). The number of carbonyl (C=O) groups is 1. The Morgan fingerprint density at radius 1 is 1.18 bits per heavy atom. The van der Waals surface area contributed by atoms with E-state index in [2.05, 4.69) is 22.0 Å². The summed E-state index contributed by atoms with van der Waals surface area (Å²) in [5.74, 6) is -2.70. The fourth-order valence-electron chi connectivity index (χ4n) is 4.20. The number of rotatable bonds is 3. The standard InChI is InChI=1S/C20H18N2O2S2.C2HF3O2/c23-26(24)19-6-5-15(18-4-2-8-25-18)9-16(19)17-12-22(13-20(17)26)11-14-3-1-7-21-10-14;3-2(4,5)1(6)7/h1-10,17,20H,11-13H2;(H,6,7). The number of alkyl halides is 3. The number of thiophene rings is 1. The summed E-state index contributed by atoms with van der Waals surface area (Å²) in [6.45, 7) is 2.11. The number of benzene rings is 1. The fraction of sp³-hybridized carbons (Fsp3) is 0.273. The highest BCUT2D eigenvalue weighted by molar-refractivity contribution is 7.92. The maximum atomic E-state index is 13.0. The number of likely N-dealkylation sites (tertiary alicyclic amines) is 1. The third-order valence-corrected chi connectivity index (χ3v) is 8.81. The summed E-state index contributed by atoms with van der Waals surface area (Å²) in [4.78, 5) is 17.0. The van der Waals surface area contributed by atoms with Gasteiger partial charge in [-0.1, -0.05) is 18.2 Å². The number of halogens is 3. The Bertz CT molecular complexity index is 1250. The van der Waals surface area contributed by atoms with Crippen molar-refractivity contribution in [3.8, 4) is 10.4 Å². The topological polar surface area (TPSA) is 87.6 Å². The largest absolute Gasteiger partial charge is 0.490 e. The zero-order chi connectivity index (χ0) is 23.8. The van der Waals surface area contributed by atoms with E-state index in [0.717, 1.165) is 29.8 Å². The molecule has 2 atom stereocenters. The van der Waals surface area contributed by atoms with Crippen molar-refractivity contribution in [2.75, 3.05) is 13.1 Å². The molecule has 4 heterocycles. The van der Waals surface area contributed by atoms with Gasteiger partial charge >= 0.3 is 12.1 Å². The first kappa shape index (κ1) is 23.4. The van der Waals surface area contributed by atoms with Crippen LogP contribution in [-0.2, 0) is 21.2 Å². The number of nitrogens with zero attached hydrogens (tertiary/aromatic N) is 2. The van der Waals surface area contributed by atoms with Gasteiger partial charge in [0, 0.05) is 42.8 Å². The Balaban J connectivity index is 0.000000325. The van der Waals surface area contributed by atoms with Crippen LogP contribution < -0.4 is 0 Å². The van der Waals surface area contributed by atoms with Crippen molar-refractivity contribution in [1.29, 1.82) is 0 Å². The Morgan fingerprint density at radius 2 is 1.94 bits per heavy atom. The Morgan fingerprint density at radius 3 is 2.55 bits per heavy atom. The minimum absolute atomic E-state index is 0.0617. The highest BCUT2D eigenvalue weighted by atomic mass is 32.2. The summed E-state index contributed by atoms with van der Waals surface area (Å²) in [7, 11) is -3.25. The average Bonchev–Trinajstić information content (AvgIpc) is 3.47. The third kappa shape index (κ3) is 4.80. The fourth-order valence-corrected chi connectivity index (χ4v) is 7.12. The van der Waals surface area contributed by atoms with Crippen molar-refractivity contribution < 1.29 is 31.5 Å². The molecule has 174 valence electrons. The highest BCUT2D eigenvalue weighted by Crippen LogP contribution is 2.46. The third-order valence-electron chi connectivity index (χ3n) is 5.63. The number of carboxylic acid groups (broad SMARTS) is 1. The molecule has 3 aromatic rings. The second-order valence-corrected chi connectivity index (χ2v) is 10.9. The molecule has 2 aromatic heterocycles. The molecule has 1 saturated heterocycles. The molecule has 0 radical (unpaired) electrons. The van der Waals surface area contributed by atoms with Gasteiger partial charge in [-0.25, -0.2) is 13.2 Å². The Kier molecular flexibility index (Phi) is 6.30. The summed E-state index contributed by atoms with van der Waals surface area (Å²) in [6, 6.07) is 13.9. The van der Waals surface area contributed by atoms with Crippen molar-refractivity contribution >= 4 is 27.1 Å². The van der Waals surface area contributed by atoms with E-state index < -0.39 is 22.0 Å². The Labute approximate surface area is 192 Å². The van der Waals surface area contributed by atoms with E-state index in [1.54, 1.807) is 17.5 Å². The van der Waals surface area contributed by atoms with Gasteiger partial charge in [-0.2, -0.15) is 13.2 Å². The van der Waals surface area contributed by atoms with Gasteiger partial charge in [0.25, 0.3) is 0 Å². The lowest BCUT2D eigenvalue weighted by atomic mass is 9.96. The quantitative estimate of drug-likeness (QED) is 0.585. The molecule has 0 bridgehead atoms. The van der Waals surface area contributed by atoms with Gasteiger partial charge in [0.2, 0.25) is 0 Å². The van der Waals surface area contributed by atoms with E-state index in [1.807, 2.05) is 41.9 Å². The zero-order valence-electron chi connectivity index (χ0n) is 17.1. The van der Waals surface area contributed by atoms with Crippen molar-refractivity contribution in [2.24, 2.45) is 0 Å². The lowest BCUT2D eigenvalue weighted by Crippen LogP contribution is -2.25. The van der Waals surface area contributed by atoms with Crippen LogP contribution in [0.4, 0.5) is 13.2 Å². The van der Waals surface area contributed by atoms with Crippen LogP contribution >= 0.6 is 11.3 Å². The molecule has 2 unspecified atom stereocenters. The number of hydrogen-bond donors (Lipinski definition) is 1. The molecule has 0 aliphatic carbocycles. The van der Waals surface area contributed by atoms with Gasteiger partial charge in [0.1, 0.15) is 0 Å². The van der Waals surface area contributed by atoms with Gasteiger partial charge in [0.15, 0.2) is 9.84 Å². The first-order valence-electron chi connectivity index (χ1n) is 9.90. The van der Waals surface area contributed by atoms with E-state index in [9.17, 15) is 21.6 Å². The molecule has 0 amide bonds. The molecular weight excluding hydrogens is 477 g/mol. The molecule has 1 fully saturated rings. The first-order valence-corrected chi connectivity index (χ1v) is 12.3. The number of aliphatic carboxylic acids is 1. The van der Waals surface area contributed by atoms with Crippen molar-refractivity contribution in [2.45, 2.75) is 28.8 Å². The molecule has 1 aromatic carbocycles. The van der Waals surface area contributed by atoms with Crippen molar-refractivity contribution in [3.05, 3.63) is 71.4 Å². The molecule has 0 saturated carbocycles. The Hall–Kier alpha value is -2.76. The summed E-state index contributed by atoms with van der Waals surface area (Å²) in [5, 5.41) is 8.85. The molecule has 6 nitrogen and oxygen atoms in total. The smallest absolute Gasteiger partial charge is 0.475 e. The molecule has 11 heteroatoms. The predicted octanol–water partition coefficient (Wildman–Crippen LogP) is 4.20. The summed E-state index contributed by atoms with van der Waals surface area (Å²) < 4.78 is 57.8. The molecule has 0 spiro atoms. The van der Waals surface area contributed by atoms with Gasteiger partial charge in [0.05, 0.1) is 10.1 Å². The number of pyridine rings is 1. The first-order chi connectivity index (χ1) is 15.6. The van der Waals surface area contributed by atoms with E-state index in [4.69, 9.17) is 9.90 Å². The van der Waals surface area contributed by atoms with E-state index >= 15 is 0 Å². The van der Waals surface area contributed by atoms with Crippen LogP contribution in [0.25, 0.3) is 10.4 Å². The average molecular weight is 497 g/mol. The summed E-state index contributed by atoms with van der Waals surface area (Å²) >= 11 is 1.68. The molecule has 1 N–H and O–H groups in total. The van der Waals surface area contributed by atoms with Gasteiger partial charge in [-0.05, 0) is 46.3 Å². The second kappa shape index (κ2) is 8.88. The summed E-state index contributed by atoms with van der Waals surface area (Å²) in [5.41, 5.74) is 3.23. The van der Waals surface area contributed by atoms with Crippen LogP contribution in [0, 0.1) is 0 Å². The summed E-state index contributed by atoms with van der Waals surface area (Å²) in [6.07, 6.45) is -1.47. The van der Waals surface area contributed by atoms with Crippen LogP contribution in [0.2, 0.25) is 0 Å². The van der Waals surface area contributed by atoms with Gasteiger partial charge in [-0.15, -0.1) is 11.3 Å². The van der Waals surface area contributed by atoms with E-state index in [-0.39, 0.29) is 11.2 Å². The van der Waals surface area contributed by atoms with Crippen LogP contribution in [0.3, 0.4) is 0 Å². The number of fused-ring (bicyclic) bond motifs is 3. The van der Waals surface area contributed by atoms with Crippen LogP contribution in [0.15, 0.2) is 65.1 Å². The van der Waals surface area contributed by atoms with Crippen molar-refractivity contribution in [1.82, 2.24) is 9.88 Å². The van der Waals surface area contributed by atoms with E-state index in [1.165, 1.54) is 4.88 Å². The van der Waals surface area contributed by atoms with Crippen LogP contribution in [0.5, 0.6) is 0 Å². The van der Waals surface area contributed by atoms with Crippen LogP contribution in [0.1, 0.15) is 17.0 Å². The molecule has 2 aliphatic rings. The second-order valence-electron chi connectivity index (χ2n) is 7.78. The molecule has 2 aliphatic heterocycles. The number of carboxylic acids is 1. The van der Waals surface area contributed by atoms with Gasteiger partial charge in [-0.3, -0.25) is 9.88 Å². The predicted molar refractivity (Wildman–Crippen MR) is 117 cm³/mol. The maximum Gasteiger partial charge on any atom is 0.490 e.